The van der Waals surface area contributed by atoms with Gasteiger partial charge in [0.05, 0.1) is 12.3 Å². The van der Waals surface area contributed by atoms with Gasteiger partial charge in [0, 0.05) is 13.0 Å². The fraction of sp³-hybridized carbons (Fsp3) is 0.438. The van der Waals surface area contributed by atoms with Crippen LogP contribution in [-0.4, -0.2) is 39.0 Å². The van der Waals surface area contributed by atoms with Crippen molar-refractivity contribution in [3.63, 3.8) is 0 Å². The molecule has 1 unspecified atom stereocenters. The fourth-order valence-corrected chi connectivity index (χ4v) is 4.24. The number of carboxylic acid groups (broad SMARTS) is 1. The van der Waals surface area contributed by atoms with Crippen molar-refractivity contribution >= 4 is 24.4 Å². The number of rotatable bonds is 12. The van der Waals surface area contributed by atoms with Gasteiger partial charge in [0.2, 0.25) is 0 Å². The average molecular weight is 398 g/mol. The van der Waals surface area contributed by atoms with Crippen LogP contribution in [0.2, 0.25) is 0 Å². The van der Waals surface area contributed by atoms with Crippen molar-refractivity contribution in [1.29, 1.82) is 0 Å². The predicted octanol–water partition coefficient (Wildman–Crippen LogP) is 3.14. The lowest BCUT2D eigenvalue weighted by molar-refractivity contribution is -0.137. The minimum atomic E-state index is -2.76. The van der Waals surface area contributed by atoms with Gasteiger partial charge in [-0.25, -0.2) is 9.77 Å². The second kappa shape index (κ2) is 10.4. The summed E-state index contributed by atoms with van der Waals surface area (Å²) in [5, 5.41) is 16.0. The zero-order chi connectivity index (χ0) is 18.8. The molecule has 0 aliphatic heterocycles. The van der Waals surface area contributed by atoms with E-state index in [2.05, 4.69) is 15.2 Å². The van der Waals surface area contributed by atoms with Gasteiger partial charge in [-0.2, -0.15) is 4.98 Å². The van der Waals surface area contributed by atoms with Crippen LogP contribution in [0.5, 0.6) is 6.01 Å². The van der Waals surface area contributed by atoms with Gasteiger partial charge in [-0.05, 0) is 43.7 Å². The number of aliphatic carboxylic acids is 1. The Balaban J connectivity index is 1.89. The van der Waals surface area contributed by atoms with Crippen LogP contribution in [-0.2, 0) is 21.1 Å². The molecule has 1 atom stereocenters. The number of hydrogen-bond donors (Lipinski definition) is 2. The van der Waals surface area contributed by atoms with E-state index in [-0.39, 0.29) is 12.4 Å². The Morgan fingerprint density at radius 1 is 1.31 bits per heavy atom. The summed E-state index contributed by atoms with van der Waals surface area (Å²) in [6.07, 6.45) is 3.95. The second-order valence-electron chi connectivity index (χ2n) is 5.43. The predicted molar refractivity (Wildman–Crippen MR) is 102 cm³/mol. The molecule has 26 heavy (non-hydrogen) atoms. The molecule has 1 heterocycles. The molecule has 2 N–H and O–H groups in total. The highest BCUT2D eigenvalue weighted by molar-refractivity contribution is 8.09. The third-order valence-corrected chi connectivity index (χ3v) is 5.91. The van der Waals surface area contributed by atoms with Crippen molar-refractivity contribution in [2.24, 2.45) is 0 Å². The summed E-state index contributed by atoms with van der Waals surface area (Å²) in [7, 11) is 0. The maximum atomic E-state index is 10.5. The first-order valence-electron chi connectivity index (χ1n) is 8.40. The molecule has 1 aromatic carbocycles. The summed E-state index contributed by atoms with van der Waals surface area (Å²) in [6.45, 7) is 0.0688. The van der Waals surface area contributed by atoms with E-state index in [0.29, 0.717) is 19.6 Å². The normalized spacial score (nSPS) is 13.3. The van der Waals surface area contributed by atoms with Crippen molar-refractivity contribution in [2.45, 2.75) is 32.6 Å². The molecule has 2 rings (SSSR count). The van der Waals surface area contributed by atoms with Crippen LogP contribution in [0, 0.1) is 0 Å². The van der Waals surface area contributed by atoms with E-state index in [1.54, 1.807) is 11.0 Å². The van der Waals surface area contributed by atoms with Crippen LogP contribution in [0.3, 0.4) is 0 Å². The lowest BCUT2D eigenvalue weighted by Crippen LogP contribution is -2.18. The monoisotopic (exact) mass is 398 g/mol. The van der Waals surface area contributed by atoms with Crippen molar-refractivity contribution in [2.75, 3.05) is 13.2 Å². The van der Waals surface area contributed by atoms with E-state index < -0.39 is 12.6 Å². The van der Waals surface area contributed by atoms with E-state index in [1.165, 1.54) is 0 Å². The Kier molecular flexibility index (Phi) is 8.18. The van der Waals surface area contributed by atoms with E-state index in [1.807, 2.05) is 37.3 Å². The highest BCUT2D eigenvalue weighted by Gasteiger charge is 2.22. The molecule has 2 aromatic rings. The standard InChI is InChI=1S/C16H23N4O4PS/c1-2-23-25(26,18-12-8-4-7-11-15(21)22)24-16-17-13-20(19-16)14-9-5-3-6-10-14/h3,5-6,9-10,13H,2,4,7-8,11-12H2,1H3,(H,18,26)(H,21,22). The van der Waals surface area contributed by atoms with Crippen LogP contribution in [0.15, 0.2) is 36.7 Å². The van der Waals surface area contributed by atoms with Crippen LogP contribution in [0.4, 0.5) is 0 Å². The molecule has 0 amide bonds. The number of para-hydroxylation sites is 1. The highest BCUT2D eigenvalue weighted by atomic mass is 32.5. The van der Waals surface area contributed by atoms with Crippen LogP contribution < -0.4 is 9.61 Å². The molecule has 1 aromatic heterocycles. The van der Waals surface area contributed by atoms with E-state index in [9.17, 15) is 4.79 Å². The topological polar surface area (TPSA) is 98.5 Å². The third-order valence-electron chi connectivity index (χ3n) is 3.37. The molecule has 0 radical (unpaired) electrons. The smallest absolute Gasteiger partial charge is 0.341 e. The van der Waals surface area contributed by atoms with Crippen LogP contribution >= 0.6 is 6.64 Å². The molecule has 0 saturated carbocycles. The van der Waals surface area contributed by atoms with Crippen molar-refractivity contribution in [1.82, 2.24) is 19.9 Å². The van der Waals surface area contributed by atoms with Crippen molar-refractivity contribution in [3.05, 3.63) is 36.7 Å². The van der Waals surface area contributed by atoms with Crippen LogP contribution in [0.25, 0.3) is 5.69 Å². The van der Waals surface area contributed by atoms with Crippen molar-refractivity contribution < 1.29 is 18.9 Å². The quantitative estimate of drug-likeness (QED) is 0.416. The minimum absolute atomic E-state index is 0.156. The lowest BCUT2D eigenvalue weighted by atomic mass is 10.2. The van der Waals surface area contributed by atoms with Gasteiger partial charge < -0.3 is 14.2 Å². The molecule has 0 aliphatic rings. The zero-order valence-corrected chi connectivity index (χ0v) is 16.3. The van der Waals surface area contributed by atoms with Crippen LogP contribution in [0.1, 0.15) is 32.6 Å². The van der Waals surface area contributed by atoms with Crippen molar-refractivity contribution in [3.8, 4) is 11.7 Å². The number of nitrogens with one attached hydrogen (secondary N) is 1. The largest absolute Gasteiger partial charge is 0.481 e. The number of unbranched alkanes of at least 4 members (excludes halogenated alkanes) is 2. The van der Waals surface area contributed by atoms with E-state index in [4.69, 9.17) is 26.0 Å². The summed E-state index contributed by atoms with van der Waals surface area (Å²) < 4.78 is 13.0. The first-order chi connectivity index (χ1) is 12.5. The molecule has 0 aliphatic carbocycles. The molecule has 142 valence electrons. The van der Waals surface area contributed by atoms with E-state index in [0.717, 1.165) is 18.5 Å². The van der Waals surface area contributed by atoms with Gasteiger partial charge in [-0.1, -0.05) is 24.6 Å². The molecular formula is C16H23N4O4PS. The summed E-state index contributed by atoms with van der Waals surface area (Å²) in [5.74, 6) is -0.777. The third kappa shape index (κ3) is 6.84. The minimum Gasteiger partial charge on any atom is -0.481 e. The van der Waals surface area contributed by atoms with Gasteiger partial charge in [0.25, 0.3) is 0 Å². The number of hydrogen-bond acceptors (Lipinski definition) is 6. The Hall–Kier alpha value is -1.80. The zero-order valence-electron chi connectivity index (χ0n) is 14.6. The number of aromatic nitrogens is 3. The summed E-state index contributed by atoms with van der Waals surface area (Å²) >= 11 is 5.50. The Bertz CT molecular complexity index is 741. The second-order valence-corrected chi connectivity index (χ2v) is 8.62. The van der Waals surface area contributed by atoms with Gasteiger partial charge in [0.15, 0.2) is 0 Å². The molecular weight excluding hydrogens is 375 g/mol. The molecule has 0 saturated heterocycles. The Morgan fingerprint density at radius 3 is 2.77 bits per heavy atom. The average Bonchev–Trinajstić information content (AvgIpc) is 3.07. The first kappa shape index (κ1) is 20.5. The van der Waals surface area contributed by atoms with Gasteiger partial charge in [0.1, 0.15) is 6.33 Å². The molecule has 0 fully saturated rings. The highest BCUT2D eigenvalue weighted by Crippen LogP contribution is 2.43. The molecule has 0 bridgehead atoms. The maximum Gasteiger partial charge on any atom is 0.341 e. The number of benzene rings is 1. The summed E-state index contributed by atoms with van der Waals surface area (Å²) in [4.78, 5) is 14.6. The molecule has 10 heteroatoms. The fourth-order valence-electron chi connectivity index (χ4n) is 2.17. The SMILES string of the molecule is CCOP(=S)(NCCCCCC(=O)O)Oc1ncn(-c2ccccc2)n1. The lowest BCUT2D eigenvalue weighted by Gasteiger charge is -2.21. The maximum absolute atomic E-state index is 10.5. The number of nitrogens with zero attached hydrogens (tertiary/aromatic N) is 3. The number of carboxylic acids is 1. The van der Waals surface area contributed by atoms with Gasteiger partial charge in [-0.15, -0.1) is 5.10 Å². The Labute approximate surface area is 157 Å². The van der Waals surface area contributed by atoms with Gasteiger partial charge >= 0.3 is 18.6 Å². The Morgan fingerprint density at radius 2 is 2.08 bits per heavy atom. The molecule has 8 nitrogen and oxygen atoms in total. The summed E-state index contributed by atoms with van der Waals surface area (Å²) in [5.41, 5.74) is 0.867. The number of carbonyl (C=O) groups is 1. The molecule has 0 spiro atoms. The first-order valence-corrected chi connectivity index (χ1v) is 11.0. The summed E-state index contributed by atoms with van der Waals surface area (Å²) in [6, 6.07) is 9.72. The van der Waals surface area contributed by atoms with Gasteiger partial charge in [-0.3, -0.25) is 4.79 Å². The van der Waals surface area contributed by atoms with E-state index >= 15 is 0 Å².